The van der Waals surface area contributed by atoms with Crippen LogP contribution in [0.3, 0.4) is 0 Å². The lowest BCUT2D eigenvalue weighted by Crippen LogP contribution is -1.82. The van der Waals surface area contributed by atoms with Gasteiger partial charge in [0.15, 0.2) is 0 Å². The number of rotatable bonds is 1. The maximum atomic E-state index is 4.05. The van der Waals surface area contributed by atoms with Crippen LogP contribution < -0.4 is 0 Å². The molecule has 84 valence electrons. The summed E-state index contributed by atoms with van der Waals surface area (Å²) in [5, 5.41) is 8.17. The van der Waals surface area contributed by atoms with Gasteiger partial charge in [-0.3, -0.25) is 5.10 Å². The second kappa shape index (κ2) is 3.74. The molecule has 2 heteroatoms. The molecule has 0 fully saturated rings. The fourth-order valence-corrected chi connectivity index (χ4v) is 2.26. The number of aromatic nitrogens is 2. The molecule has 3 aromatic rings. The number of nitrogens with one attached hydrogen (secondary N) is 1. The summed E-state index contributed by atoms with van der Waals surface area (Å²) in [5.74, 6) is 0. The predicted molar refractivity (Wildman–Crippen MR) is 71.0 cm³/mol. The van der Waals surface area contributed by atoms with Crippen LogP contribution in [0.2, 0.25) is 0 Å². The molecule has 2 nitrogen and oxygen atoms in total. The predicted octanol–water partition coefficient (Wildman–Crippen LogP) is 3.85. The number of hydrogen-bond donors (Lipinski definition) is 1. The highest BCUT2D eigenvalue weighted by atomic mass is 15.1. The lowest BCUT2D eigenvalue weighted by atomic mass is 10.00. The van der Waals surface area contributed by atoms with Crippen LogP contribution in [0.25, 0.3) is 22.0 Å². The number of H-pyrrole nitrogens is 1. The van der Waals surface area contributed by atoms with Crippen LogP contribution in [0.15, 0.2) is 42.6 Å². The Kier molecular flexibility index (Phi) is 2.22. The summed E-state index contributed by atoms with van der Waals surface area (Å²) in [6, 6.07) is 13.0. The summed E-state index contributed by atoms with van der Waals surface area (Å²) in [6.07, 6.45) is 1.86. The summed E-state index contributed by atoms with van der Waals surface area (Å²) >= 11 is 0. The number of nitrogens with zero attached hydrogens (tertiary/aromatic N) is 1. The van der Waals surface area contributed by atoms with E-state index < -0.39 is 0 Å². The first-order chi connectivity index (χ1) is 8.22. The molecule has 0 amide bonds. The van der Waals surface area contributed by atoms with E-state index in [1.54, 1.807) is 0 Å². The minimum atomic E-state index is 1.08. The number of hydrogen-bond acceptors (Lipinski definition) is 1. The molecule has 0 unspecified atom stereocenters. The second-order valence-corrected chi connectivity index (χ2v) is 4.55. The van der Waals surface area contributed by atoms with Crippen molar-refractivity contribution < 1.29 is 0 Å². The first kappa shape index (κ1) is 10.1. The van der Waals surface area contributed by atoms with Crippen LogP contribution in [0, 0.1) is 13.8 Å². The summed E-state index contributed by atoms with van der Waals surface area (Å²) in [4.78, 5) is 0. The van der Waals surface area contributed by atoms with Crippen molar-refractivity contribution in [1.29, 1.82) is 0 Å². The van der Waals surface area contributed by atoms with Crippen LogP contribution >= 0.6 is 0 Å². The van der Waals surface area contributed by atoms with Crippen LogP contribution in [-0.2, 0) is 0 Å². The van der Waals surface area contributed by atoms with Gasteiger partial charge in [-0.25, -0.2) is 0 Å². The molecule has 0 aliphatic rings. The zero-order chi connectivity index (χ0) is 11.8. The van der Waals surface area contributed by atoms with Gasteiger partial charge in [-0.2, -0.15) is 5.10 Å². The van der Waals surface area contributed by atoms with E-state index in [-0.39, 0.29) is 0 Å². The summed E-state index contributed by atoms with van der Waals surface area (Å²) in [6.45, 7) is 4.26. The molecule has 0 bridgehead atoms. The molecule has 3 rings (SSSR count). The van der Waals surface area contributed by atoms with Gasteiger partial charge in [0, 0.05) is 5.39 Å². The highest BCUT2D eigenvalue weighted by Gasteiger charge is 2.02. The third-order valence-electron chi connectivity index (χ3n) is 3.00. The molecule has 2 aromatic carbocycles. The average molecular weight is 222 g/mol. The van der Waals surface area contributed by atoms with E-state index in [0.717, 1.165) is 10.9 Å². The van der Waals surface area contributed by atoms with E-state index in [0.29, 0.717) is 0 Å². The fourth-order valence-electron chi connectivity index (χ4n) is 2.26. The van der Waals surface area contributed by atoms with E-state index in [2.05, 4.69) is 60.4 Å². The molecule has 1 aromatic heterocycles. The van der Waals surface area contributed by atoms with Crippen molar-refractivity contribution in [1.82, 2.24) is 10.2 Å². The first-order valence-electron chi connectivity index (χ1n) is 5.74. The van der Waals surface area contributed by atoms with Gasteiger partial charge < -0.3 is 0 Å². The lowest BCUT2D eigenvalue weighted by Gasteiger charge is -2.05. The monoisotopic (exact) mass is 222 g/mol. The molecular formula is C15H14N2. The number of aryl methyl sites for hydroxylation is 2. The van der Waals surface area contributed by atoms with E-state index in [4.69, 9.17) is 0 Å². The SMILES string of the molecule is Cc1cc(C)cc(-c2ccc3[nH]ncc3c2)c1. The molecule has 0 aliphatic carbocycles. The summed E-state index contributed by atoms with van der Waals surface area (Å²) < 4.78 is 0. The molecule has 1 N–H and O–H groups in total. The Morgan fingerprint density at radius 1 is 0.882 bits per heavy atom. The van der Waals surface area contributed by atoms with E-state index in [1.165, 1.54) is 22.3 Å². The molecule has 1 heterocycles. The summed E-state index contributed by atoms with van der Waals surface area (Å²) in [7, 11) is 0. The zero-order valence-corrected chi connectivity index (χ0v) is 9.99. The Balaban J connectivity index is 2.19. The van der Waals surface area contributed by atoms with Crippen molar-refractivity contribution in [3.8, 4) is 11.1 Å². The van der Waals surface area contributed by atoms with Gasteiger partial charge in [-0.05, 0) is 37.1 Å². The Bertz CT molecular complexity index is 660. The maximum absolute atomic E-state index is 4.05. The van der Waals surface area contributed by atoms with Crippen molar-refractivity contribution in [2.75, 3.05) is 0 Å². The number of aromatic amines is 1. The van der Waals surface area contributed by atoms with Crippen molar-refractivity contribution in [2.45, 2.75) is 13.8 Å². The van der Waals surface area contributed by atoms with Gasteiger partial charge in [0.2, 0.25) is 0 Å². The highest BCUT2D eigenvalue weighted by Crippen LogP contribution is 2.25. The minimum Gasteiger partial charge on any atom is -0.278 e. The van der Waals surface area contributed by atoms with Crippen LogP contribution in [0.1, 0.15) is 11.1 Å². The highest BCUT2D eigenvalue weighted by molar-refractivity contribution is 5.84. The Morgan fingerprint density at radius 2 is 1.65 bits per heavy atom. The van der Waals surface area contributed by atoms with Crippen molar-refractivity contribution in [3.63, 3.8) is 0 Å². The number of benzene rings is 2. The number of fused-ring (bicyclic) bond motifs is 1. The second-order valence-electron chi connectivity index (χ2n) is 4.55. The molecule has 17 heavy (non-hydrogen) atoms. The fraction of sp³-hybridized carbons (Fsp3) is 0.133. The molecule has 0 atom stereocenters. The van der Waals surface area contributed by atoms with Crippen LogP contribution in [0.5, 0.6) is 0 Å². The average Bonchev–Trinajstić information content (AvgIpc) is 2.74. The Hall–Kier alpha value is -2.09. The van der Waals surface area contributed by atoms with Crippen LogP contribution in [0.4, 0.5) is 0 Å². The molecule has 0 saturated carbocycles. The third-order valence-corrected chi connectivity index (χ3v) is 3.00. The standard InChI is InChI=1S/C15H14N2/c1-10-5-11(2)7-13(6-10)12-3-4-15-14(8-12)9-16-17-15/h3-9H,1-2H3,(H,16,17). The van der Waals surface area contributed by atoms with E-state index in [9.17, 15) is 0 Å². The lowest BCUT2D eigenvalue weighted by molar-refractivity contribution is 1.12. The van der Waals surface area contributed by atoms with E-state index >= 15 is 0 Å². The topological polar surface area (TPSA) is 28.7 Å². The van der Waals surface area contributed by atoms with Crippen molar-refractivity contribution >= 4 is 10.9 Å². The van der Waals surface area contributed by atoms with E-state index in [1.807, 2.05) is 6.20 Å². The normalized spacial score (nSPS) is 10.9. The van der Waals surface area contributed by atoms with Gasteiger partial charge >= 0.3 is 0 Å². The van der Waals surface area contributed by atoms with Gasteiger partial charge in [-0.1, -0.05) is 35.4 Å². The largest absolute Gasteiger partial charge is 0.278 e. The van der Waals surface area contributed by atoms with Gasteiger partial charge in [0.1, 0.15) is 0 Å². The van der Waals surface area contributed by atoms with Gasteiger partial charge in [-0.15, -0.1) is 0 Å². The summed E-state index contributed by atoms with van der Waals surface area (Å²) in [5.41, 5.74) is 6.19. The van der Waals surface area contributed by atoms with Gasteiger partial charge in [0.05, 0.1) is 11.7 Å². The first-order valence-corrected chi connectivity index (χ1v) is 5.74. The minimum absolute atomic E-state index is 1.08. The van der Waals surface area contributed by atoms with Gasteiger partial charge in [0.25, 0.3) is 0 Å². The zero-order valence-electron chi connectivity index (χ0n) is 9.99. The molecule has 0 radical (unpaired) electrons. The Labute approximate surface area is 100 Å². The quantitative estimate of drug-likeness (QED) is 0.665. The molecule has 0 aliphatic heterocycles. The maximum Gasteiger partial charge on any atom is 0.0650 e. The third kappa shape index (κ3) is 1.82. The van der Waals surface area contributed by atoms with Crippen molar-refractivity contribution in [3.05, 3.63) is 53.7 Å². The smallest absolute Gasteiger partial charge is 0.0650 e. The van der Waals surface area contributed by atoms with Crippen LogP contribution in [-0.4, -0.2) is 10.2 Å². The van der Waals surface area contributed by atoms with Crippen molar-refractivity contribution in [2.24, 2.45) is 0 Å². The molecular weight excluding hydrogens is 208 g/mol. The Morgan fingerprint density at radius 3 is 2.41 bits per heavy atom. The molecule has 0 saturated heterocycles. The molecule has 0 spiro atoms.